The monoisotopic (exact) mass is 347 g/mol. The van der Waals surface area contributed by atoms with Crippen molar-refractivity contribution in [3.8, 4) is 5.75 Å². The Balaban J connectivity index is 1.68. The van der Waals surface area contributed by atoms with Crippen LogP contribution in [0.15, 0.2) is 24.3 Å². The number of rotatable bonds is 7. The Labute approximate surface area is 147 Å². The van der Waals surface area contributed by atoms with Crippen molar-refractivity contribution >= 4 is 18.2 Å². The van der Waals surface area contributed by atoms with Gasteiger partial charge in [-0.15, -0.1) is 0 Å². The number of amides is 1. The van der Waals surface area contributed by atoms with Crippen LogP contribution in [0.25, 0.3) is 0 Å². The first-order valence-electron chi connectivity index (χ1n) is 8.62. The Kier molecular flexibility index (Phi) is 6.98. The predicted octanol–water partition coefficient (Wildman–Crippen LogP) is 2.36. The van der Waals surface area contributed by atoms with Crippen molar-refractivity contribution in [3.63, 3.8) is 0 Å². The van der Waals surface area contributed by atoms with Crippen LogP contribution in [0.2, 0.25) is 0 Å². The summed E-state index contributed by atoms with van der Waals surface area (Å²) < 4.78 is 10.2. The van der Waals surface area contributed by atoms with E-state index >= 15 is 0 Å². The van der Waals surface area contributed by atoms with Gasteiger partial charge in [-0.3, -0.25) is 9.59 Å². The van der Waals surface area contributed by atoms with E-state index in [1.807, 2.05) is 0 Å². The minimum absolute atomic E-state index is 0.141. The number of carbonyl (C=O) groups excluding carboxylic acids is 3. The largest absolute Gasteiger partial charge is 0.482 e. The second kappa shape index (κ2) is 9.20. The molecule has 1 aliphatic carbocycles. The number of nitrogens with one attached hydrogen (secondary N) is 1. The Morgan fingerprint density at radius 1 is 1.16 bits per heavy atom. The van der Waals surface area contributed by atoms with Crippen LogP contribution in [0.4, 0.5) is 0 Å². The second-order valence-electron chi connectivity index (χ2n) is 6.58. The quantitative estimate of drug-likeness (QED) is 0.605. The van der Waals surface area contributed by atoms with Crippen LogP contribution < -0.4 is 10.1 Å². The van der Waals surface area contributed by atoms with E-state index in [4.69, 9.17) is 9.47 Å². The van der Waals surface area contributed by atoms with E-state index in [0.717, 1.165) is 19.1 Å². The smallest absolute Gasteiger partial charge is 0.344 e. The van der Waals surface area contributed by atoms with Gasteiger partial charge in [-0.05, 0) is 42.5 Å². The second-order valence-corrected chi connectivity index (χ2v) is 6.58. The fourth-order valence-corrected chi connectivity index (χ4v) is 3.01. The normalized spacial score (nSPS) is 22.7. The van der Waals surface area contributed by atoms with Crippen molar-refractivity contribution < 1.29 is 23.9 Å². The molecule has 1 amide bonds. The first kappa shape index (κ1) is 19.0. The highest BCUT2D eigenvalue weighted by molar-refractivity contribution is 5.81. The lowest BCUT2D eigenvalue weighted by Gasteiger charge is -2.34. The van der Waals surface area contributed by atoms with Gasteiger partial charge in [0.1, 0.15) is 12.0 Å². The SMILES string of the molecule is C[C@@H]1[C@H](C)CCC[C@@H]1NC(=O)COC(=O)COc1ccc(C=O)cc1. The predicted molar refractivity (Wildman–Crippen MR) is 92.4 cm³/mol. The summed E-state index contributed by atoms with van der Waals surface area (Å²) in [6, 6.07) is 6.51. The van der Waals surface area contributed by atoms with Crippen LogP contribution in [-0.2, 0) is 14.3 Å². The highest BCUT2D eigenvalue weighted by Crippen LogP contribution is 2.29. The first-order chi connectivity index (χ1) is 12.0. The van der Waals surface area contributed by atoms with Crippen molar-refractivity contribution in [1.82, 2.24) is 5.32 Å². The van der Waals surface area contributed by atoms with Crippen LogP contribution in [0.1, 0.15) is 43.5 Å². The number of aldehydes is 1. The van der Waals surface area contributed by atoms with Gasteiger partial charge >= 0.3 is 5.97 Å². The average molecular weight is 347 g/mol. The molecule has 1 aromatic carbocycles. The van der Waals surface area contributed by atoms with Crippen LogP contribution in [0, 0.1) is 11.8 Å². The highest BCUT2D eigenvalue weighted by Gasteiger charge is 2.28. The summed E-state index contributed by atoms with van der Waals surface area (Å²) in [6.07, 6.45) is 3.98. The zero-order valence-electron chi connectivity index (χ0n) is 14.7. The van der Waals surface area contributed by atoms with E-state index < -0.39 is 5.97 Å². The molecule has 136 valence electrons. The Morgan fingerprint density at radius 3 is 2.56 bits per heavy atom. The zero-order valence-corrected chi connectivity index (χ0v) is 14.7. The molecule has 0 bridgehead atoms. The van der Waals surface area contributed by atoms with Gasteiger partial charge in [0.05, 0.1) is 0 Å². The minimum atomic E-state index is -0.611. The third kappa shape index (κ3) is 5.89. The van der Waals surface area contributed by atoms with Crippen molar-refractivity contribution in [2.45, 2.75) is 39.2 Å². The Bertz CT molecular complexity index is 598. The molecule has 0 heterocycles. The molecule has 0 spiro atoms. The van der Waals surface area contributed by atoms with E-state index in [1.165, 1.54) is 6.42 Å². The number of carbonyl (C=O) groups is 3. The summed E-state index contributed by atoms with van der Waals surface area (Å²) >= 11 is 0. The standard InChI is InChI=1S/C19H25NO5/c1-13-4-3-5-17(14(13)2)20-18(22)11-25-19(23)12-24-16-8-6-15(10-21)7-9-16/h6-10,13-14,17H,3-5,11-12H2,1-2H3,(H,20,22)/t13-,14-,17+/m1/s1. The maximum absolute atomic E-state index is 12.0. The summed E-state index contributed by atoms with van der Waals surface area (Å²) in [4.78, 5) is 34.2. The lowest BCUT2D eigenvalue weighted by Crippen LogP contribution is -2.45. The molecule has 1 N–H and O–H groups in total. The number of esters is 1. The van der Waals surface area contributed by atoms with E-state index in [0.29, 0.717) is 23.1 Å². The van der Waals surface area contributed by atoms with Crippen molar-refractivity contribution in [2.75, 3.05) is 13.2 Å². The van der Waals surface area contributed by atoms with Gasteiger partial charge in [0.2, 0.25) is 0 Å². The molecule has 2 rings (SSSR count). The van der Waals surface area contributed by atoms with E-state index in [2.05, 4.69) is 19.2 Å². The topological polar surface area (TPSA) is 81.7 Å². The molecular weight excluding hydrogens is 322 g/mol. The molecule has 0 saturated heterocycles. The van der Waals surface area contributed by atoms with Gasteiger partial charge in [-0.25, -0.2) is 4.79 Å². The van der Waals surface area contributed by atoms with Crippen LogP contribution in [0.5, 0.6) is 5.75 Å². The summed E-state index contributed by atoms with van der Waals surface area (Å²) in [6.45, 7) is 3.75. The van der Waals surface area contributed by atoms with Gasteiger partial charge in [-0.2, -0.15) is 0 Å². The van der Waals surface area contributed by atoms with Gasteiger partial charge in [0.25, 0.3) is 5.91 Å². The van der Waals surface area contributed by atoms with Gasteiger partial charge < -0.3 is 14.8 Å². The van der Waals surface area contributed by atoms with Crippen molar-refractivity contribution in [3.05, 3.63) is 29.8 Å². The molecule has 0 aromatic heterocycles. The van der Waals surface area contributed by atoms with Crippen molar-refractivity contribution in [1.29, 1.82) is 0 Å². The molecule has 6 heteroatoms. The molecular formula is C19H25NO5. The average Bonchev–Trinajstić information content (AvgIpc) is 2.62. The summed E-state index contributed by atoms with van der Waals surface area (Å²) in [5, 5.41) is 2.95. The molecule has 6 nitrogen and oxygen atoms in total. The fraction of sp³-hybridized carbons (Fsp3) is 0.526. The summed E-state index contributed by atoms with van der Waals surface area (Å²) in [5.41, 5.74) is 0.526. The van der Waals surface area contributed by atoms with E-state index in [-0.39, 0.29) is 25.2 Å². The van der Waals surface area contributed by atoms with Crippen LogP contribution in [-0.4, -0.2) is 37.4 Å². The Morgan fingerprint density at radius 2 is 1.88 bits per heavy atom. The minimum Gasteiger partial charge on any atom is -0.482 e. The molecule has 1 saturated carbocycles. The van der Waals surface area contributed by atoms with Gasteiger partial charge in [0.15, 0.2) is 13.2 Å². The van der Waals surface area contributed by atoms with Gasteiger partial charge in [0, 0.05) is 11.6 Å². The lowest BCUT2D eigenvalue weighted by atomic mass is 9.78. The van der Waals surface area contributed by atoms with Crippen LogP contribution in [0.3, 0.4) is 0 Å². The van der Waals surface area contributed by atoms with Crippen LogP contribution >= 0.6 is 0 Å². The molecule has 25 heavy (non-hydrogen) atoms. The first-order valence-corrected chi connectivity index (χ1v) is 8.62. The maximum atomic E-state index is 12.0. The Hall–Kier alpha value is -2.37. The molecule has 1 fully saturated rings. The molecule has 0 aliphatic heterocycles. The maximum Gasteiger partial charge on any atom is 0.344 e. The lowest BCUT2D eigenvalue weighted by molar-refractivity contribution is -0.150. The number of hydrogen-bond acceptors (Lipinski definition) is 5. The fourth-order valence-electron chi connectivity index (χ4n) is 3.01. The van der Waals surface area contributed by atoms with Crippen molar-refractivity contribution in [2.24, 2.45) is 11.8 Å². The molecule has 0 unspecified atom stereocenters. The number of ether oxygens (including phenoxy) is 2. The summed E-state index contributed by atoms with van der Waals surface area (Å²) in [7, 11) is 0. The zero-order chi connectivity index (χ0) is 18.2. The number of hydrogen-bond donors (Lipinski definition) is 1. The summed E-state index contributed by atoms with van der Waals surface area (Å²) in [5.74, 6) is 0.568. The molecule has 1 aliphatic rings. The molecule has 1 aromatic rings. The van der Waals surface area contributed by atoms with Gasteiger partial charge in [-0.1, -0.05) is 26.7 Å². The van der Waals surface area contributed by atoms with E-state index in [1.54, 1.807) is 24.3 Å². The van der Waals surface area contributed by atoms with E-state index in [9.17, 15) is 14.4 Å². The third-order valence-corrected chi connectivity index (χ3v) is 4.79. The number of benzene rings is 1. The highest BCUT2D eigenvalue weighted by atomic mass is 16.6. The molecule has 0 radical (unpaired) electrons. The third-order valence-electron chi connectivity index (χ3n) is 4.79. The molecule has 3 atom stereocenters.